The van der Waals surface area contributed by atoms with Crippen molar-refractivity contribution in [1.82, 2.24) is 9.36 Å². The molecule has 0 bridgehead atoms. The molecule has 0 aliphatic carbocycles. The molecule has 2 rings (SSSR count). The summed E-state index contributed by atoms with van der Waals surface area (Å²) >= 11 is 1.57. The van der Waals surface area contributed by atoms with E-state index < -0.39 is 0 Å². The minimum atomic E-state index is 0.956. The van der Waals surface area contributed by atoms with Crippen LogP contribution in [0, 0.1) is 0 Å². The number of aromatic nitrogens is 2. The van der Waals surface area contributed by atoms with Gasteiger partial charge in [-0.2, -0.15) is 9.36 Å². The first-order chi connectivity index (χ1) is 9.85. The van der Waals surface area contributed by atoms with E-state index in [-0.39, 0.29) is 0 Å². The van der Waals surface area contributed by atoms with E-state index in [4.69, 9.17) is 4.98 Å². The van der Waals surface area contributed by atoms with E-state index in [9.17, 15) is 0 Å². The SMILES string of the molecule is CCCCN(CCCC)c1nsc(N2CCCCC2)n1. The molecule has 1 aliphatic rings. The van der Waals surface area contributed by atoms with E-state index in [2.05, 4.69) is 28.0 Å². The Hall–Kier alpha value is -0.840. The van der Waals surface area contributed by atoms with Gasteiger partial charge in [-0.3, -0.25) is 0 Å². The fraction of sp³-hybridized carbons (Fsp3) is 0.867. The maximum atomic E-state index is 4.80. The lowest BCUT2D eigenvalue weighted by atomic mass is 10.1. The van der Waals surface area contributed by atoms with Crippen LogP contribution < -0.4 is 9.80 Å². The zero-order valence-electron chi connectivity index (χ0n) is 13.0. The fourth-order valence-corrected chi connectivity index (χ4v) is 3.30. The molecular formula is C15H28N4S. The third kappa shape index (κ3) is 4.33. The highest BCUT2D eigenvalue weighted by molar-refractivity contribution is 7.09. The second-order valence-electron chi connectivity index (χ2n) is 5.62. The van der Waals surface area contributed by atoms with Gasteiger partial charge in [0.1, 0.15) is 0 Å². The first-order valence-corrected chi connectivity index (χ1v) is 8.96. The van der Waals surface area contributed by atoms with Gasteiger partial charge >= 0.3 is 0 Å². The van der Waals surface area contributed by atoms with Crippen LogP contribution in [0.2, 0.25) is 0 Å². The second-order valence-corrected chi connectivity index (χ2v) is 6.35. The Kier molecular flexibility index (Phi) is 6.57. The molecule has 0 N–H and O–H groups in total. The zero-order valence-corrected chi connectivity index (χ0v) is 13.8. The average molecular weight is 296 g/mol. The van der Waals surface area contributed by atoms with Crippen molar-refractivity contribution in [3.05, 3.63) is 0 Å². The molecule has 1 aliphatic heterocycles. The highest BCUT2D eigenvalue weighted by Gasteiger charge is 2.17. The van der Waals surface area contributed by atoms with Gasteiger partial charge in [0.25, 0.3) is 0 Å². The number of piperidine rings is 1. The summed E-state index contributed by atoms with van der Waals surface area (Å²) in [7, 11) is 0. The van der Waals surface area contributed by atoms with Crippen LogP contribution in [-0.4, -0.2) is 35.5 Å². The van der Waals surface area contributed by atoms with Crippen molar-refractivity contribution in [2.24, 2.45) is 0 Å². The van der Waals surface area contributed by atoms with Crippen LogP contribution in [-0.2, 0) is 0 Å². The van der Waals surface area contributed by atoms with E-state index >= 15 is 0 Å². The maximum Gasteiger partial charge on any atom is 0.239 e. The Bertz CT molecular complexity index is 366. The minimum Gasteiger partial charge on any atom is -0.347 e. The molecule has 0 amide bonds. The molecule has 0 spiro atoms. The Morgan fingerprint density at radius 1 is 1.05 bits per heavy atom. The van der Waals surface area contributed by atoms with E-state index in [0.717, 1.165) is 37.3 Å². The van der Waals surface area contributed by atoms with Gasteiger partial charge in [0.15, 0.2) is 0 Å². The number of hydrogen-bond acceptors (Lipinski definition) is 5. The summed E-state index contributed by atoms with van der Waals surface area (Å²) in [4.78, 5) is 9.58. The van der Waals surface area contributed by atoms with Gasteiger partial charge < -0.3 is 9.80 Å². The monoisotopic (exact) mass is 296 g/mol. The third-order valence-corrected chi connectivity index (χ3v) is 4.64. The van der Waals surface area contributed by atoms with E-state index in [1.807, 2.05) is 0 Å². The molecule has 114 valence electrons. The second kappa shape index (κ2) is 8.45. The van der Waals surface area contributed by atoms with Crippen molar-refractivity contribution in [3.8, 4) is 0 Å². The molecule has 1 fully saturated rings. The highest BCUT2D eigenvalue weighted by atomic mass is 32.1. The summed E-state index contributed by atoms with van der Waals surface area (Å²) in [6.45, 7) is 8.97. The predicted octanol–water partition coefficient (Wildman–Crippen LogP) is 3.94. The minimum absolute atomic E-state index is 0.956. The summed E-state index contributed by atoms with van der Waals surface area (Å²) in [6, 6.07) is 0. The third-order valence-electron chi connectivity index (χ3n) is 3.88. The van der Waals surface area contributed by atoms with Gasteiger partial charge in [-0.05, 0) is 32.1 Å². The van der Waals surface area contributed by atoms with Crippen LogP contribution in [0.5, 0.6) is 0 Å². The Morgan fingerprint density at radius 2 is 1.70 bits per heavy atom. The standard InChI is InChI=1S/C15H28N4S/c1-3-5-10-18(11-6-4-2)14-16-15(20-17-14)19-12-8-7-9-13-19/h3-13H2,1-2H3. The van der Waals surface area contributed by atoms with Gasteiger partial charge in [-0.25, -0.2) is 0 Å². The van der Waals surface area contributed by atoms with Gasteiger partial charge in [-0.1, -0.05) is 26.7 Å². The fourth-order valence-electron chi connectivity index (χ4n) is 2.56. The maximum absolute atomic E-state index is 4.80. The molecule has 1 aromatic rings. The molecule has 4 nitrogen and oxygen atoms in total. The molecule has 0 atom stereocenters. The first kappa shape index (κ1) is 15.5. The van der Waals surface area contributed by atoms with Crippen LogP contribution in [0.25, 0.3) is 0 Å². The van der Waals surface area contributed by atoms with Crippen molar-refractivity contribution in [3.63, 3.8) is 0 Å². The lowest BCUT2D eigenvalue weighted by Gasteiger charge is -2.25. The largest absolute Gasteiger partial charge is 0.347 e. The molecule has 0 radical (unpaired) electrons. The Labute approximate surface area is 127 Å². The number of anilines is 2. The number of hydrogen-bond donors (Lipinski definition) is 0. The van der Waals surface area contributed by atoms with Gasteiger partial charge in [0.2, 0.25) is 11.1 Å². The average Bonchev–Trinajstić information content (AvgIpc) is 2.98. The Balaban J connectivity index is 1.98. The number of rotatable bonds is 8. The van der Waals surface area contributed by atoms with Crippen LogP contribution >= 0.6 is 11.5 Å². The quantitative estimate of drug-likeness (QED) is 0.727. The smallest absolute Gasteiger partial charge is 0.239 e. The van der Waals surface area contributed by atoms with Gasteiger partial charge in [-0.15, -0.1) is 0 Å². The van der Waals surface area contributed by atoms with Crippen LogP contribution in [0.4, 0.5) is 11.1 Å². The van der Waals surface area contributed by atoms with Crippen LogP contribution in [0.1, 0.15) is 58.8 Å². The van der Waals surface area contributed by atoms with Crippen LogP contribution in [0.3, 0.4) is 0 Å². The molecule has 0 unspecified atom stereocenters. The van der Waals surface area contributed by atoms with Crippen LogP contribution in [0.15, 0.2) is 0 Å². The van der Waals surface area contributed by atoms with Crippen molar-refractivity contribution in [2.45, 2.75) is 58.8 Å². The number of unbranched alkanes of at least 4 members (excludes halogenated alkanes) is 2. The molecule has 0 saturated carbocycles. The summed E-state index contributed by atoms with van der Waals surface area (Å²) in [6.07, 6.45) is 8.86. The molecule has 2 heterocycles. The van der Waals surface area contributed by atoms with E-state index in [1.165, 1.54) is 44.9 Å². The zero-order chi connectivity index (χ0) is 14.2. The summed E-state index contributed by atoms with van der Waals surface area (Å²) in [5.41, 5.74) is 0. The molecular weight excluding hydrogens is 268 g/mol. The highest BCUT2D eigenvalue weighted by Crippen LogP contribution is 2.25. The first-order valence-electron chi connectivity index (χ1n) is 8.18. The molecule has 1 aromatic heterocycles. The lowest BCUT2D eigenvalue weighted by Crippen LogP contribution is -2.30. The van der Waals surface area contributed by atoms with E-state index in [1.54, 1.807) is 11.5 Å². The molecule has 20 heavy (non-hydrogen) atoms. The summed E-state index contributed by atoms with van der Waals surface area (Å²) < 4.78 is 4.61. The summed E-state index contributed by atoms with van der Waals surface area (Å²) in [5.74, 6) is 0.956. The van der Waals surface area contributed by atoms with Crippen molar-refractivity contribution in [1.29, 1.82) is 0 Å². The van der Waals surface area contributed by atoms with Gasteiger partial charge in [0, 0.05) is 37.7 Å². The number of nitrogens with zero attached hydrogens (tertiary/aromatic N) is 4. The predicted molar refractivity (Wildman–Crippen MR) is 88.0 cm³/mol. The van der Waals surface area contributed by atoms with Gasteiger partial charge in [0.05, 0.1) is 0 Å². The topological polar surface area (TPSA) is 32.3 Å². The van der Waals surface area contributed by atoms with E-state index in [0.29, 0.717) is 0 Å². The molecule has 0 aromatic carbocycles. The molecule has 5 heteroatoms. The van der Waals surface area contributed by atoms with Crippen molar-refractivity contribution < 1.29 is 0 Å². The normalized spacial score (nSPS) is 15.6. The Morgan fingerprint density at radius 3 is 2.30 bits per heavy atom. The van der Waals surface area contributed by atoms with Crippen molar-refractivity contribution >= 4 is 22.6 Å². The van der Waals surface area contributed by atoms with Crippen molar-refractivity contribution in [2.75, 3.05) is 36.0 Å². The molecule has 1 saturated heterocycles. The lowest BCUT2D eigenvalue weighted by molar-refractivity contribution is 0.576. The summed E-state index contributed by atoms with van der Waals surface area (Å²) in [5, 5.41) is 1.12.